The first kappa shape index (κ1) is 17.0. The van der Waals surface area contributed by atoms with Gasteiger partial charge in [0.25, 0.3) is 0 Å². The van der Waals surface area contributed by atoms with E-state index in [2.05, 4.69) is 5.32 Å². The molecule has 0 unspecified atom stereocenters. The van der Waals surface area contributed by atoms with Gasteiger partial charge in [-0.1, -0.05) is 24.3 Å². The number of ether oxygens (including phenoxy) is 2. The van der Waals surface area contributed by atoms with Crippen LogP contribution in [0.5, 0.6) is 0 Å². The molecule has 0 fully saturated rings. The predicted molar refractivity (Wildman–Crippen MR) is 86.7 cm³/mol. The molecule has 124 valence electrons. The predicted octanol–water partition coefficient (Wildman–Crippen LogP) is 1.79. The number of rotatable bonds is 5. The van der Waals surface area contributed by atoms with E-state index in [0.717, 1.165) is 5.69 Å². The maximum Gasteiger partial charge on any atom is 0.307 e. The van der Waals surface area contributed by atoms with Crippen LogP contribution in [0, 0.1) is 0 Å². The van der Waals surface area contributed by atoms with E-state index in [1.165, 1.54) is 21.1 Å². The lowest BCUT2D eigenvalue weighted by molar-refractivity contribution is -0.149. The Morgan fingerprint density at radius 1 is 1.17 bits per heavy atom. The topological polar surface area (TPSA) is 67.9 Å². The van der Waals surface area contributed by atoms with Crippen LogP contribution in [-0.4, -0.2) is 49.3 Å². The molecule has 0 aliphatic carbocycles. The maximum absolute atomic E-state index is 12.1. The van der Waals surface area contributed by atoms with Gasteiger partial charge in [0, 0.05) is 19.7 Å². The monoisotopic (exact) mass is 318 g/mol. The number of hydrogen-bond acceptors (Lipinski definition) is 5. The zero-order valence-electron chi connectivity index (χ0n) is 13.6. The molecule has 1 N–H and O–H groups in total. The lowest BCUT2D eigenvalue weighted by Crippen LogP contribution is -2.56. The molecule has 1 aromatic carbocycles. The van der Waals surface area contributed by atoms with Gasteiger partial charge in [0.15, 0.2) is 6.23 Å². The molecular formula is C17H22N2O4. The minimum absolute atomic E-state index is 0.0881. The van der Waals surface area contributed by atoms with Crippen molar-refractivity contribution in [1.82, 2.24) is 4.90 Å². The number of nitrogens with one attached hydrogen (secondary N) is 1. The Labute approximate surface area is 136 Å². The number of carbonyl (C=O) groups excluding carboxylic acids is 2. The van der Waals surface area contributed by atoms with Crippen molar-refractivity contribution in [2.75, 3.05) is 19.5 Å². The number of methoxy groups -OCH3 is 2. The largest absolute Gasteiger partial charge is 0.469 e. The van der Waals surface area contributed by atoms with E-state index >= 15 is 0 Å². The number of benzene rings is 1. The summed E-state index contributed by atoms with van der Waals surface area (Å²) in [6.07, 6.45) is 3.34. The van der Waals surface area contributed by atoms with E-state index in [0.29, 0.717) is 0 Å². The quantitative estimate of drug-likeness (QED) is 0.662. The van der Waals surface area contributed by atoms with Crippen LogP contribution in [0.4, 0.5) is 5.69 Å². The molecule has 6 nitrogen and oxygen atoms in total. The summed E-state index contributed by atoms with van der Waals surface area (Å²) in [5, 5.41) is 3.35. The second kappa shape index (κ2) is 7.78. The molecule has 1 heterocycles. The summed E-state index contributed by atoms with van der Waals surface area (Å²) < 4.78 is 10.1. The highest BCUT2D eigenvalue weighted by atomic mass is 16.5. The van der Waals surface area contributed by atoms with Gasteiger partial charge in [0.05, 0.1) is 25.6 Å². The molecule has 2 rings (SSSR count). The molecule has 23 heavy (non-hydrogen) atoms. The molecule has 0 saturated carbocycles. The SMILES string of the molecule is COC(=O)C[C@@H]1[C@@H](Nc2ccccc2)C=C[C@H](OC)N1C(C)=O. The molecule has 1 aromatic rings. The fourth-order valence-corrected chi connectivity index (χ4v) is 2.75. The van der Waals surface area contributed by atoms with E-state index in [1.54, 1.807) is 4.90 Å². The third kappa shape index (κ3) is 4.10. The van der Waals surface area contributed by atoms with Crippen LogP contribution in [-0.2, 0) is 19.1 Å². The molecule has 0 spiro atoms. The minimum atomic E-state index is -0.490. The highest BCUT2D eigenvalue weighted by Gasteiger charge is 2.37. The zero-order chi connectivity index (χ0) is 16.8. The molecule has 1 aliphatic heterocycles. The van der Waals surface area contributed by atoms with Gasteiger partial charge in [-0.3, -0.25) is 9.59 Å². The number of carbonyl (C=O) groups is 2. The molecule has 1 amide bonds. The maximum atomic E-state index is 12.1. The molecular weight excluding hydrogens is 296 g/mol. The molecule has 0 aromatic heterocycles. The second-order valence-corrected chi connectivity index (χ2v) is 5.32. The van der Waals surface area contributed by atoms with Gasteiger partial charge in [-0.25, -0.2) is 0 Å². The Bertz CT molecular complexity index is 573. The third-order valence-electron chi connectivity index (χ3n) is 3.84. The van der Waals surface area contributed by atoms with Crippen LogP contribution in [0.2, 0.25) is 0 Å². The van der Waals surface area contributed by atoms with Crippen molar-refractivity contribution in [2.45, 2.75) is 31.7 Å². The van der Waals surface area contributed by atoms with E-state index in [1.807, 2.05) is 42.5 Å². The van der Waals surface area contributed by atoms with E-state index in [9.17, 15) is 9.59 Å². The minimum Gasteiger partial charge on any atom is -0.469 e. The lowest BCUT2D eigenvalue weighted by Gasteiger charge is -2.42. The van der Waals surface area contributed by atoms with Crippen molar-refractivity contribution in [2.24, 2.45) is 0 Å². The first-order valence-electron chi connectivity index (χ1n) is 7.45. The second-order valence-electron chi connectivity index (χ2n) is 5.32. The lowest BCUT2D eigenvalue weighted by atomic mass is 9.97. The smallest absolute Gasteiger partial charge is 0.307 e. The molecule has 0 radical (unpaired) electrons. The fraction of sp³-hybridized carbons (Fsp3) is 0.412. The normalized spacial score (nSPS) is 23.4. The molecule has 3 atom stereocenters. The van der Waals surface area contributed by atoms with Gasteiger partial charge < -0.3 is 19.7 Å². The Hall–Kier alpha value is -2.34. The van der Waals surface area contributed by atoms with E-state index < -0.39 is 12.3 Å². The van der Waals surface area contributed by atoms with Gasteiger partial charge in [0.1, 0.15) is 0 Å². The Morgan fingerprint density at radius 2 is 1.87 bits per heavy atom. The van der Waals surface area contributed by atoms with Crippen LogP contribution in [0.15, 0.2) is 42.5 Å². The van der Waals surface area contributed by atoms with E-state index in [-0.39, 0.29) is 24.3 Å². The highest BCUT2D eigenvalue weighted by molar-refractivity contribution is 5.77. The number of para-hydroxylation sites is 1. The van der Waals surface area contributed by atoms with Crippen LogP contribution in [0.1, 0.15) is 13.3 Å². The Balaban J connectivity index is 2.29. The van der Waals surface area contributed by atoms with Crippen molar-refractivity contribution in [3.05, 3.63) is 42.5 Å². The summed E-state index contributed by atoms with van der Waals surface area (Å²) in [5.41, 5.74) is 0.913. The van der Waals surface area contributed by atoms with Gasteiger partial charge in [-0.2, -0.15) is 0 Å². The first-order chi connectivity index (χ1) is 11.1. The summed E-state index contributed by atoms with van der Waals surface area (Å²) in [4.78, 5) is 25.4. The molecule has 6 heteroatoms. The standard InChI is InChI=1S/C17H22N2O4/c1-12(20)19-15(11-17(21)23-3)14(9-10-16(19)22-2)18-13-7-5-4-6-8-13/h4-10,14-16,18H,11H2,1-3H3/t14-,15+,16-/m0/s1. The van der Waals surface area contributed by atoms with Crippen LogP contribution in [0.3, 0.4) is 0 Å². The van der Waals surface area contributed by atoms with Gasteiger partial charge >= 0.3 is 5.97 Å². The van der Waals surface area contributed by atoms with Crippen molar-refractivity contribution in [3.63, 3.8) is 0 Å². The zero-order valence-corrected chi connectivity index (χ0v) is 13.6. The Morgan fingerprint density at radius 3 is 2.43 bits per heavy atom. The average Bonchev–Trinajstić information content (AvgIpc) is 2.56. The number of hydrogen-bond donors (Lipinski definition) is 1. The average molecular weight is 318 g/mol. The van der Waals surface area contributed by atoms with E-state index in [4.69, 9.17) is 9.47 Å². The van der Waals surface area contributed by atoms with Crippen molar-refractivity contribution >= 4 is 17.6 Å². The summed E-state index contributed by atoms with van der Waals surface area (Å²) in [5.74, 6) is -0.527. The summed E-state index contributed by atoms with van der Waals surface area (Å²) in [6.45, 7) is 1.47. The van der Waals surface area contributed by atoms with Gasteiger partial charge in [0.2, 0.25) is 5.91 Å². The summed E-state index contributed by atoms with van der Waals surface area (Å²) in [6, 6.07) is 9.03. The number of nitrogens with zero attached hydrogens (tertiary/aromatic N) is 1. The van der Waals surface area contributed by atoms with Crippen LogP contribution in [0.25, 0.3) is 0 Å². The van der Waals surface area contributed by atoms with Crippen molar-refractivity contribution in [3.8, 4) is 0 Å². The molecule has 1 aliphatic rings. The van der Waals surface area contributed by atoms with Crippen LogP contribution < -0.4 is 5.32 Å². The summed E-state index contributed by atoms with van der Waals surface area (Å²) in [7, 11) is 2.87. The van der Waals surface area contributed by atoms with Crippen molar-refractivity contribution < 1.29 is 19.1 Å². The van der Waals surface area contributed by atoms with Crippen LogP contribution >= 0.6 is 0 Å². The van der Waals surface area contributed by atoms with Gasteiger partial charge in [-0.05, 0) is 18.2 Å². The first-order valence-corrected chi connectivity index (χ1v) is 7.45. The number of esters is 1. The Kier molecular flexibility index (Phi) is 5.76. The summed E-state index contributed by atoms with van der Waals surface area (Å²) >= 11 is 0. The number of amides is 1. The third-order valence-corrected chi connectivity index (χ3v) is 3.84. The fourth-order valence-electron chi connectivity index (χ4n) is 2.75. The van der Waals surface area contributed by atoms with Gasteiger partial charge in [-0.15, -0.1) is 0 Å². The highest BCUT2D eigenvalue weighted by Crippen LogP contribution is 2.24. The van der Waals surface area contributed by atoms with Crippen molar-refractivity contribution in [1.29, 1.82) is 0 Å². The molecule has 0 saturated heterocycles. The number of anilines is 1. The molecule has 0 bridgehead atoms.